The predicted octanol–water partition coefficient (Wildman–Crippen LogP) is 13.8. The van der Waals surface area contributed by atoms with E-state index in [1.807, 2.05) is 27.7 Å². The SMILES string of the molecule is C1C2CC3CC1CC(C2)C3.CCCCCCC(OC(C)=O)C(=O)c1cccc(C(=O)OOC(=O)c2cccc(C(=O)C(CCCCCC)OC(C)=O)c2C(=O)C(CCCCCC)OC(C)=O)c1C(=O)C(CCCCCC)OC(C)=O. The van der Waals surface area contributed by atoms with Crippen molar-refractivity contribution >= 4 is 58.9 Å². The van der Waals surface area contributed by atoms with Gasteiger partial charge in [-0.3, -0.25) is 38.4 Å². The Balaban J connectivity index is 0.00000121. The van der Waals surface area contributed by atoms with Crippen molar-refractivity contribution in [3.8, 4) is 0 Å². The van der Waals surface area contributed by atoms with E-state index in [0.29, 0.717) is 38.5 Å². The van der Waals surface area contributed by atoms with Crippen LogP contribution in [0.25, 0.3) is 0 Å². The van der Waals surface area contributed by atoms with Crippen molar-refractivity contribution in [3.05, 3.63) is 69.8 Å². The minimum atomic E-state index is -1.46. The van der Waals surface area contributed by atoms with E-state index in [2.05, 4.69) is 0 Å². The van der Waals surface area contributed by atoms with Crippen LogP contribution >= 0.6 is 0 Å². The summed E-state index contributed by atoms with van der Waals surface area (Å²) >= 11 is 0. The number of unbranched alkanes of at least 4 members (excludes halogenated alkanes) is 12. The Kier molecular flexibility index (Phi) is 29.0. The summed E-state index contributed by atoms with van der Waals surface area (Å²) in [6.07, 6.45) is 15.8. The van der Waals surface area contributed by atoms with Gasteiger partial charge in [-0.2, -0.15) is 0 Å². The number of carbonyl (C=O) groups excluding carboxylic acids is 10. The van der Waals surface area contributed by atoms with Crippen molar-refractivity contribution in [2.45, 2.75) is 247 Å². The average molecular weight is 1120 g/mol. The lowest BCUT2D eigenvalue weighted by Crippen LogP contribution is -2.38. The van der Waals surface area contributed by atoms with Crippen LogP contribution in [0.3, 0.4) is 0 Å². The minimum absolute atomic E-state index is 0.0324. The molecule has 0 amide bonds. The van der Waals surface area contributed by atoms with Crippen molar-refractivity contribution in [1.29, 1.82) is 0 Å². The maximum atomic E-state index is 14.6. The second kappa shape index (κ2) is 34.9. The fourth-order valence-electron chi connectivity index (χ4n) is 12.0. The Bertz CT molecular complexity index is 2220. The van der Waals surface area contributed by atoms with Crippen molar-refractivity contribution in [1.82, 2.24) is 0 Å². The van der Waals surface area contributed by atoms with Gasteiger partial charge in [0.2, 0.25) is 23.1 Å². The first-order valence-corrected chi connectivity index (χ1v) is 29.9. The van der Waals surface area contributed by atoms with Gasteiger partial charge in [0.05, 0.1) is 11.1 Å². The topological polar surface area (TPSA) is 226 Å². The minimum Gasteiger partial charge on any atom is -0.454 e. The quantitative estimate of drug-likeness (QED) is 0.0158. The largest absolute Gasteiger partial charge is 0.454 e. The monoisotopic (exact) mass is 1110 g/mol. The highest BCUT2D eigenvalue weighted by Gasteiger charge is 2.42. The molecule has 0 radical (unpaired) electrons. The van der Waals surface area contributed by atoms with E-state index < -0.39 is 106 Å². The van der Waals surface area contributed by atoms with E-state index in [9.17, 15) is 47.9 Å². The lowest BCUT2D eigenvalue weighted by Gasteiger charge is -2.49. The molecule has 0 aromatic heterocycles. The molecule has 4 saturated carbocycles. The number of carbonyl (C=O) groups is 10. The molecule has 0 N–H and O–H groups in total. The highest BCUT2D eigenvalue weighted by atomic mass is 17.2. The molecule has 2 aromatic rings. The van der Waals surface area contributed by atoms with Crippen LogP contribution in [0, 0.1) is 23.7 Å². The number of hydrogen-bond acceptors (Lipinski definition) is 16. The van der Waals surface area contributed by atoms with Crippen molar-refractivity contribution in [3.63, 3.8) is 0 Å². The molecule has 0 aliphatic heterocycles. The summed E-state index contributed by atoms with van der Waals surface area (Å²) in [5, 5.41) is 0. The molecule has 4 fully saturated rings. The van der Waals surface area contributed by atoms with Gasteiger partial charge >= 0.3 is 35.8 Å². The van der Waals surface area contributed by atoms with Gasteiger partial charge in [0.25, 0.3) is 0 Å². The Labute approximate surface area is 474 Å². The molecule has 4 aliphatic rings. The summed E-state index contributed by atoms with van der Waals surface area (Å²) in [5.41, 5.74) is -2.90. The highest BCUT2D eigenvalue weighted by Crippen LogP contribution is 2.53. The molecule has 0 spiro atoms. The number of hydrogen-bond donors (Lipinski definition) is 0. The molecule has 16 nitrogen and oxygen atoms in total. The Morgan fingerprint density at radius 1 is 0.350 bits per heavy atom. The third-order valence-electron chi connectivity index (χ3n) is 15.5. The molecule has 0 heterocycles. The molecule has 4 atom stereocenters. The summed E-state index contributed by atoms with van der Waals surface area (Å²) in [6, 6.07) is 7.34. The fourth-order valence-corrected chi connectivity index (χ4v) is 12.0. The van der Waals surface area contributed by atoms with Crippen molar-refractivity contribution in [2.24, 2.45) is 23.7 Å². The molecule has 4 aliphatic carbocycles. The van der Waals surface area contributed by atoms with Gasteiger partial charge in [0.1, 0.15) is 0 Å². The summed E-state index contributed by atoms with van der Waals surface area (Å²) in [7, 11) is 0. The van der Waals surface area contributed by atoms with Crippen LogP contribution in [-0.2, 0) is 47.9 Å². The number of ether oxygens (including phenoxy) is 4. The van der Waals surface area contributed by atoms with Crippen LogP contribution in [0.1, 0.15) is 284 Å². The molecule has 16 heteroatoms. The zero-order chi connectivity index (χ0) is 58.7. The zero-order valence-electron chi connectivity index (χ0n) is 49.0. The Hall–Kier alpha value is -6.06. The number of rotatable bonds is 34. The van der Waals surface area contributed by atoms with E-state index in [1.54, 1.807) is 38.5 Å². The lowest BCUT2D eigenvalue weighted by molar-refractivity contribution is -0.187. The number of esters is 4. The standard InChI is InChI=1S/C54H74O16.C10H16/c1-9-13-17-21-31-43(65-35(5)55)49(59)39-27-25-29-41(47(39)51(61)45(67-37(7)57)33-23-19-15-11-3)53(63)69-70-54(64)42-30-26-28-40(50(60)44(66-36(6)56)32-22-18-14-10-2)48(42)52(62)46(68-38(8)58)34-24-20-16-12-4;1-7-2-9-4-8(1)5-10(3-7)6-9/h25-30,43-46H,9-24,31-34H2,1-8H3;7-10H,1-6H2. The van der Waals surface area contributed by atoms with Gasteiger partial charge in [-0.25, -0.2) is 19.4 Å². The van der Waals surface area contributed by atoms with E-state index in [1.165, 1.54) is 47.9 Å². The molecular weight excluding hydrogens is 1020 g/mol. The average Bonchev–Trinajstić information content (AvgIpc) is 3.47. The first-order valence-electron chi connectivity index (χ1n) is 29.9. The third-order valence-corrected chi connectivity index (χ3v) is 15.5. The van der Waals surface area contributed by atoms with Gasteiger partial charge in [-0.05, 0) is 126 Å². The maximum absolute atomic E-state index is 14.6. The summed E-state index contributed by atoms with van der Waals surface area (Å²) in [5.74, 6) is -4.82. The molecule has 4 unspecified atom stereocenters. The highest BCUT2D eigenvalue weighted by molar-refractivity contribution is 6.18. The van der Waals surface area contributed by atoms with Crippen LogP contribution in [0.15, 0.2) is 36.4 Å². The van der Waals surface area contributed by atoms with Gasteiger partial charge < -0.3 is 18.9 Å². The second-order valence-electron chi connectivity index (χ2n) is 22.3. The molecule has 6 rings (SSSR count). The van der Waals surface area contributed by atoms with Crippen LogP contribution in [0.5, 0.6) is 0 Å². The fraction of sp³-hybridized carbons (Fsp3) is 0.656. The van der Waals surface area contributed by atoms with Gasteiger partial charge in [-0.15, -0.1) is 0 Å². The molecule has 4 bridgehead atoms. The van der Waals surface area contributed by atoms with E-state index in [-0.39, 0.29) is 36.8 Å². The molecule has 80 heavy (non-hydrogen) atoms. The first kappa shape index (κ1) is 66.5. The smallest absolute Gasteiger partial charge is 0.387 e. The zero-order valence-corrected chi connectivity index (χ0v) is 49.0. The molecular formula is C64H90O16. The van der Waals surface area contributed by atoms with E-state index in [4.69, 9.17) is 28.7 Å². The van der Waals surface area contributed by atoms with Gasteiger partial charge in [0, 0.05) is 49.9 Å². The van der Waals surface area contributed by atoms with Crippen LogP contribution in [0.2, 0.25) is 0 Å². The number of ketones is 4. The molecule has 0 saturated heterocycles. The maximum Gasteiger partial charge on any atom is 0.387 e. The van der Waals surface area contributed by atoms with Crippen LogP contribution < -0.4 is 0 Å². The van der Waals surface area contributed by atoms with Crippen LogP contribution in [-0.4, -0.2) is 83.4 Å². The normalized spacial score (nSPS) is 18.2. The second-order valence-corrected chi connectivity index (χ2v) is 22.3. The predicted molar refractivity (Wildman–Crippen MR) is 300 cm³/mol. The third kappa shape index (κ3) is 21.1. The molecule has 442 valence electrons. The lowest BCUT2D eigenvalue weighted by atomic mass is 9.56. The summed E-state index contributed by atoms with van der Waals surface area (Å²) < 4.78 is 21.8. The summed E-state index contributed by atoms with van der Waals surface area (Å²) in [4.78, 5) is 146. The van der Waals surface area contributed by atoms with Crippen LogP contribution in [0.4, 0.5) is 0 Å². The Morgan fingerprint density at radius 2 is 0.588 bits per heavy atom. The van der Waals surface area contributed by atoms with Gasteiger partial charge in [-0.1, -0.05) is 129 Å². The first-order chi connectivity index (χ1) is 38.3. The molecule has 2 aromatic carbocycles. The summed E-state index contributed by atoms with van der Waals surface area (Å²) in [6.45, 7) is 12.5. The van der Waals surface area contributed by atoms with Gasteiger partial charge in [0.15, 0.2) is 24.4 Å². The number of Topliss-reactive ketones (excluding diaryl/α,β-unsaturated/α-hetero) is 4. The van der Waals surface area contributed by atoms with E-state index in [0.717, 1.165) is 104 Å². The number of benzene rings is 2. The van der Waals surface area contributed by atoms with Crippen molar-refractivity contribution in [2.75, 3.05) is 0 Å². The van der Waals surface area contributed by atoms with Crippen molar-refractivity contribution < 1.29 is 76.7 Å². The Morgan fingerprint density at radius 3 is 0.825 bits per heavy atom. The van der Waals surface area contributed by atoms with E-state index >= 15 is 0 Å².